The minimum absolute atomic E-state index is 0.00957. The van der Waals surface area contributed by atoms with Crippen molar-refractivity contribution in [1.29, 1.82) is 0 Å². The van der Waals surface area contributed by atoms with Gasteiger partial charge in [0.25, 0.3) is 0 Å². The van der Waals surface area contributed by atoms with Crippen LogP contribution in [0, 0.1) is 0 Å². The molecular weight excluding hydrogens is 819 g/mol. The smallest absolute Gasteiger partial charge is 0.462 e. The normalized spacial score (nSPS) is 23.2. The van der Waals surface area contributed by atoms with Crippen molar-refractivity contribution in [2.45, 2.75) is 184 Å². The Morgan fingerprint density at radius 2 is 0.912 bits per heavy atom. The molecule has 0 spiro atoms. The molecule has 57 heavy (non-hydrogen) atoms. The third-order valence-electron chi connectivity index (χ3n) is 9.26. The van der Waals surface area contributed by atoms with Gasteiger partial charge in [0.15, 0.2) is 6.10 Å². The first-order valence-corrected chi connectivity index (χ1v) is 24.6. The third kappa shape index (κ3) is 26.1. The first-order valence-electron chi connectivity index (χ1n) is 20.0. The average Bonchev–Trinajstić information content (AvgIpc) is 3.12. The first kappa shape index (κ1) is 54.1. The Bertz CT molecular complexity index is 1210. The fourth-order valence-electron chi connectivity index (χ4n) is 6.25. The van der Waals surface area contributed by atoms with E-state index in [4.69, 9.17) is 24.3 Å². The summed E-state index contributed by atoms with van der Waals surface area (Å²) in [5.74, 6) is -1.34. The van der Waals surface area contributed by atoms with Gasteiger partial charge in [-0.2, -0.15) is 0 Å². The van der Waals surface area contributed by atoms with E-state index >= 15 is 0 Å². The number of aliphatic hydroxyl groups excluding tert-OH is 3. The fraction of sp³-hybridized carbons (Fsp3) is 0.941. The molecule has 0 aromatic rings. The first-order chi connectivity index (χ1) is 26.8. The zero-order valence-electron chi connectivity index (χ0n) is 33.0. The second-order valence-electron chi connectivity index (χ2n) is 14.4. The zero-order valence-corrected chi connectivity index (χ0v) is 35.7. The van der Waals surface area contributed by atoms with Crippen LogP contribution in [0.1, 0.15) is 142 Å². The number of esters is 2. The van der Waals surface area contributed by atoms with Crippen molar-refractivity contribution in [3.05, 3.63) is 0 Å². The molecule has 1 rings (SSSR count). The van der Waals surface area contributed by atoms with E-state index < -0.39 is 91.3 Å². The average molecular weight is 888 g/mol. The van der Waals surface area contributed by atoms with E-state index in [0.29, 0.717) is 19.4 Å². The number of ether oxygens (including phenoxy) is 2. The molecule has 4 unspecified atom stereocenters. The molecule has 1 fully saturated rings. The second kappa shape index (κ2) is 29.4. The maximum Gasteiger partial charge on any atom is 0.472 e. The van der Waals surface area contributed by atoms with Gasteiger partial charge in [0.2, 0.25) is 0 Å². The van der Waals surface area contributed by atoms with Gasteiger partial charge < -0.3 is 55.0 Å². The summed E-state index contributed by atoms with van der Waals surface area (Å²) >= 11 is 0. The van der Waals surface area contributed by atoms with E-state index in [9.17, 15) is 63.1 Å². The van der Waals surface area contributed by atoms with Gasteiger partial charge in [-0.15, -0.1) is 0 Å². The molecule has 23 heteroatoms. The number of nitrogens with two attached hydrogens (primary N) is 1. The zero-order chi connectivity index (χ0) is 42.9. The van der Waals surface area contributed by atoms with Crippen LogP contribution in [0.2, 0.25) is 0 Å². The maximum atomic E-state index is 13.0. The number of aliphatic hydroxyl groups is 3. The summed E-state index contributed by atoms with van der Waals surface area (Å²) in [5, 5.41) is 31.7. The summed E-state index contributed by atoms with van der Waals surface area (Å²) in [6.45, 7) is 1.29. The van der Waals surface area contributed by atoms with Crippen LogP contribution in [-0.4, -0.2) is 114 Å². The van der Waals surface area contributed by atoms with E-state index in [1.807, 2.05) is 0 Å². The monoisotopic (exact) mass is 887 g/mol. The lowest BCUT2D eigenvalue weighted by Crippen LogP contribution is -2.65. The van der Waals surface area contributed by atoms with E-state index in [1.165, 1.54) is 44.9 Å². The number of carbonyl (C=O) groups excluding carboxylic acids is 2. The predicted octanol–water partition coefficient (Wildman–Crippen LogP) is 4.17. The van der Waals surface area contributed by atoms with Crippen LogP contribution in [0.15, 0.2) is 0 Å². The van der Waals surface area contributed by atoms with Crippen molar-refractivity contribution in [3.8, 4) is 0 Å². The minimum Gasteiger partial charge on any atom is -0.462 e. The van der Waals surface area contributed by atoms with E-state index in [-0.39, 0.29) is 12.8 Å². The highest BCUT2D eigenvalue weighted by Gasteiger charge is 2.56. The molecule has 0 aromatic carbocycles. The number of hydrogen-bond acceptors (Lipinski definition) is 15. The Morgan fingerprint density at radius 3 is 1.32 bits per heavy atom. The lowest BCUT2D eigenvalue weighted by atomic mass is 9.85. The van der Waals surface area contributed by atoms with Crippen molar-refractivity contribution in [2.24, 2.45) is 5.73 Å². The SMILES string of the molecule is CCCCCCCCCCCCCCCC(=O)O[C@H](COC(=O)CCCCCCCCN)COP(=O)(O)OC1C(O)[C@@H](OP(=O)(O)O)C(O)[C@@H](OP(=O)(O)O)[C@H]1O. The van der Waals surface area contributed by atoms with Crippen LogP contribution in [0.3, 0.4) is 0 Å². The van der Waals surface area contributed by atoms with Crippen LogP contribution < -0.4 is 5.73 Å². The van der Waals surface area contributed by atoms with Crippen LogP contribution >= 0.6 is 23.5 Å². The molecule has 20 nitrogen and oxygen atoms in total. The molecule has 0 radical (unpaired) electrons. The van der Waals surface area contributed by atoms with Gasteiger partial charge >= 0.3 is 35.4 Å². The minimum atomic E-state index is -5.54. The van der Waals surface area contributed by atoms with Crippen LogP contribution in [-0.2, 0) is 50.9 Å². The van der Waals surface area contributed by atoms with Crippen molar-refractivity contribution in [3.63, 3.8) is 0 Å². The molecule has 0 aromatic heterocycles. The number of unbranched alkanes of at least 4 members (excludes halogenated alkanes) is 17. The van der Waals surface area contributed by atoms with Crippen molar-refractivity contribution in [2.75, 3.05) is 19.8 Å². The van der Waals surface area contributed by atoms with Crippen molar-refractivity contribution < 1.29 is 90.6 Å². The lowest BCUT2D eigenvalue weighted by molar-refractivity contribution is -0.213. The Morgan fingerprint density at radius 1 is 0.544 bits per heavy atom. The lowest BCUT2D eigenvalue weighted by Gasteiger charge is -2.44. The molecule has 1 saturated carbocycles. The van der Waals surface area contributed by atoms with Crippen LogP contribution in [0.5, 0.6) is 0 Å². The van der Waals surface area contributed by atoms with Gasteiger partial charge in [-0.3, -0.25) is 27.7 Å². The van der Waals surface area contributed by atoms with Crippen LogP contribution in [0.25, 0.3) is 0 Å². The van der Waals surface area contributed by atoms with E-state index in [2.05, 4.69) is 16.0 Å². The Hall–Kier alpha value is -0.890. The highest BCUT2D eigenvalue weighted by molar-refractivity contribution is 7.47. The molecule has 338 valence electrons. The third-order valence-corrected chi connectivity index (χ3v) is 11.3. The molecule has 0 heterocycles. The van der Waals surface area contributed by atoms with Crippen molar-refractivity contribution >= 4 is 35.4 Å². The number of phosphoric ester groups is 3. The molecular formula is C34H68NO19P3. The summed E-state index contributed by atoms with van der Waals surface area (Å²) in [7, 11) is -16.6. The Kier molecular flexibility index (Phi) is 27.9. The molecule has 1 aliphatic carbocycles. The summed E-state index contributed by atoms with van der Waals surface area (Å²) in [6.07, 6.45) is 2.96. The van der Waals surface area contributed by atoms with Gasteiger partial charge in [-0.25, -0.2) is 13.7 Å². The van der Waals surface area contributed by atoms with Crippen LogP contribution in [0.4, 0.5) is 0 Å². The molecule has 1 aliphatic rings. The Balaban J connectivity index is 2.83. The number of rotatable bonds is 34. The molecule has 10 N–H and O–H groups in total. The fourth-order valence-corrected chi connectivity index (χ4v) is 8.35. The van der Waals surface area contributed by atoms with Gasteiger partial charge in [-0.1, -0.05) is 110 Å². The largest absolute Gasteiger partial charge is 0.472 e. The van der Waals surface area contributed by atoms with Gasteiger partial charge in [0.05, 0.1) is 6.61 Å². The standard InChI is InChI=1S/C34H68NO19P3/c1-2-3-4-5-6-7-8-9-10-11-12-16-19-22-28(37)51-26(24-49-27(36)21-18-15-13-14-17-20-23-35)25-50-57(47,48)54-34-30(39)32(52-55(41,42)43)29(38)33(31(34)40)53-56(44,45)46/h26,29-34,38-40H,2-25,35H2,1H3,(H,47,48)(H2,41,42,43)(H2,44,45,46)/t26-,29?,30-,31?,32-,33+,34?/m1/s1. The topological polar surface area (TPSA) is 329 Å². The quantitative estimate of drug-likeness (QED) is 0.0249. The van der Waals surface area contributed by atoms with Crippen molar-refractivity contribution in [1.82, 2.24) is 0 Å². The predicted molar refractivity (Wildman–Crippen MR) is 205 cm³/mol. The second-order valence-corrected chi connectivity index (χ2v) is 18.2. The van der Waals surface area contributed by atoms with E-state index in [1.54, 1.807) is 0 Å². The maximum absolute atomic E-state index is 13.0. The van der Waals surface area contributed by atoms with Gasteiger partial charge in [0.1, 0.15) is 43.2 Å². The molecule has 0 bridgehead atoms. The van der Waals surface area contributed by atoms with E-state index in [0.717, 1.165) is 64.2 Å². The Labute approximate surface area is 335 Å². The summed E-state index contributed by atoms with van der Waals surface area (Å²) in [5.41, 5.74) is 5.49. The summed E-state index contributed by atoms with van der Waals surface area (Å²) < 4.78 is 65.0. The molecule has 0 amide bonds. The highest BCUT2D eigenvalue weighted by Crippen LogP contribution is 2.51. The summed E-state index contributed by atoms with van der Waals surface area (Å²) in [4.78, 5) is 72.6. The molecule has 0 saturated heterocycles. The molecule has 8 atom stereocenters. The van der Waals surface area contributed by atoms with Gasteiger partial charge in [0, 0.05) is 12.8 Å². The highest BCUT2D eigenvalue weighted by atomic mass is 31.2. The number of phosphoric acid groups is 3. The van der Waals surface area contributed by atoms with Gasteiger partial charge in [-0.05, 0) is 25.8 Å². The summed E-state index contributed by atoms with van der Waals surface area (Å²) in [6, 6.07) is 0. The number of hydrogen-bond donors (Lipinski definition) is 9. The molecule has 0 aliphatic heterocycles. The number of carbonyl (C=O) groups is 2.